The lowest BCUT2D eigenvalue weighted by molar-refractivity contribution is 0.105. The normalized spacial score (nSPS) is 21.8. The van der Waals surface area contributed by atoms with E-state index in [2.05, 4.69) is 5.32 Å². The van der Waals surface area contributed by atoms with Crippen LogP contribution in [0.25, 0.3) is 0 Å². The van der Waals surface area contributed by atoms with Crippen molar-refractivity contribution in [2.75, 3.05) is 26.7 Å². The van der Waals surface area contributed by atoms with Crippen molar-refractivity contribution in [3.05, 3.63) is 11.6 Å². The maximum atomic E-state index is 12.9. The highest BCUT2D eigenvalue weighted by molar-refractivity contribution is 7.94. The van der Waals surface area contributed by atoms with Crippen LogP contribution in [0.4, 0.5) is 0 Å². The monoisotopic (exact) mass is 411 g/mol. The van der Waals surface area contributed by atoms with Gasteiger partial charge in [-0.15, -0.1) is 11.3 Å². The molecule has 1 aromatic heterocycles. The van der Waals surface area contributed by atoms with E-state index >= 15 is 0 Å². The van der Waals surface area contributed by atoms with Gasteiger partial charge in [0.15, 0.2) is 0 Å². The first-order valence-corrected chi connectivity index (χ1v) is 11.8. The molecule has 0 radical (unpaired) electrons. The summed E-state index contributed by atoms with van der Waals surface area (Å²) in [4.78, 5) is 0. The number of nitrogens with two attached hydrogens (primary N) is 1. The van der Waals surface area contributed by atoms with Crippen molar-refractivity contribution in [1.82, 2.24) is 9.62 Å². The third-order valence-corrected chi connectivity index (χ3v) is 9.11. The topological polar surface area (TPSA) is 119 Å². The lowest BCUT2D eigenvalue weighted by Crippen LogP contribution is -2.44. The molecule has 3 N–H and O–H groups in total. The quantitative estimate of drug-likeness (QED) is 0.655. The van der Waals surface area contributed by atoms with Crippen LogP contribution in [-0.2, 0) is 24.8 Å². The summed E-state index contributed by atoms with van der Waals surface area (Å²) >= 11 is 0.716. The molecule has 0 aliphatic carbocycles. The van der Waals surface area contributed by atoms with Gasteiger partial charge in [0.25, 0.3) is 10.0 Å². The van der Waals surface area contributed by atoms with Crippen LogP contribution >= 0.6 is 11.3 Å². The van der Waals surface area contributed by atoms with Crippen LogP contribution in [0, 0.1) is 0 Å². The molecular formula is C14H25N3O5S3. The van der Waals surface area contributed by atoms with Crippen molar-refractivity contribution >= 4 is 31.4 Å². The fourth-order valence-corrected chi connectivity index (χ4v) is 6.90. The van der Waals surface area contributed by atoms with Crippen molar-refractivity contribution in [2.45, 2.75) is 47.3 Å². The third-order valence-electron chi connectivity index (χ3n) is 4.15. The van der Waals surface area contributed by atoms with E-state index in [1.54, 1.807) is 7.11 Å². The minimum Gasteiger partial charge on any atom is -0.382 e. The highest BCUT2D eigenvalue weighted by Crippen LogP contribution is 2.40. The lowest BCUT2D eigenvalue weighted by atomic mass is 10.1. The molecule has 2 atom stereocenters. The Morgan fingerprint density at radius 2 is 2.20 bits per heavy atom. The van der Waals surface area contributed by atoms with Crippen molar-refractivity contribution in [2.24, 2.45) is 5.14 Å². The summed E-state index contributed by atoms with van der Waals surface area (Å²) in [5.41, 5.74) is 0.485. The minimum absolute atomic E-state index is 0.0569. The zero-order chi connectivity index (χ0) is 18.8. The van der Waals surface area contributed by atoms with E-state index in [4.69, 9.17) is 9.88 Å². The molecule has 144 valence electrons. The number of methoxy groups -OCH3 is 1. The maximum Gasteiger partial charge on any atom is 0.252 e. The number of primary sulfonamides is 1. The first-order valence-electron chi connectivity index (χ1n) is 8.04. The predicted molar refractivity (Wildman–Crippen MR) is 96.6 cm³/mol. The standard InChI is InChI=1S/C14H25N3O5S3/c1-4-6-16-12-9-17(7-5-10(2)22-3)25(20,21)14-11(12)8-13(23-14)24(15,18)19/h8,10,12,16H,4-7,9H2,1-3H3,(H2,15,18,19)/t10?,12-/m0/s1. The number of ether oxygens (including phenoxy) is 1. The first kappa shape index (κ1) is 20.7. The van der Waals surface area contributed by atoms with Gasteiger partial charge in [0.05, 0.1) is 6.10 Å². The molecule has 0 spiro atoms. The Balaban J connectivity index is 2.41. The van der Waals surface area contributed by atoms with E-state index in [-0.39, 0.29) is 27.1 Å². The molecule has 0 aromatic carbocycles. The van der Waals surface area contributed by atoms with E-state index in [9.17, 15) is 16.8 Å². The van der Waals surface area contributed by atoms with Gasteiger partial charge in [-0.2, -0.15) is 4.31 Å². The summed E-state index contributed by atoms with van der Waals surface area (Å²) in [6, 6.07) is 1.12. The molecule has 2 rings (SSSR count). The fraction of sp³-hybridized carbons (Fsp3) is 0.714. The molecule has 1 aliphatic rings. The van der Waals surface area contributed by atoms with Crippen molar-refractivity contribution in [3.8, 4) is 0 Å². The number of fused-ring (bicyclic) bond motifs is 1. The third kappa shape index (κ3) is 4.59. The van der Waals surface area contributed by atoms with Gasteiger partial charge in [-0.25, -0.2) is 22.0 Å². The molecule has 0 bridgehead atoms. The number of rotatable bonds is 8. The molecule has 25 heavy (non-hydrogen) atoms. The number of nitrogens with zero attached hydrogens (tertiary/aromatic N) is 1. The highest BCUT2D eigenvalue weighted by Gasteiger charge is 2.39. The molecule has 1 aromatic rings. The minimum atomic E-state index is -3.95. The zero-order valence-electron chi connectivity index (χ0n) is 14.6. The molecule has 0 amide bonds. The molecule has 2 heterocycles. The lowest BCUT2D eigenvalue weighted by Gasteiger charge is -2.33. The largest absolute Gasteiger partial charge is 0.382 e. The van der Waals surface area contributed by atoms with Gasteiger partial charge >= 0.3 is 0 Å². The molecule has 0 fully saturated rings. The van der Waals surface area contributed by atoms with Gasteiger partial charge in [-0.05, 0) is 32.4 Å². The number of hydrogen-bond donors (Lipinski definition) is 2. The number of sulfonamides is 2. The van der Waals surface area contributed by atoms with E-state index in [1.165, 1.54) is 10.4 Å². The molecule has 0 saturated carbocycles. The van der Waals surface area contributed by atoms with E-state index in [0.717, 1.165) is 6.42 Å². The van der Waals surface area contributed by atoms with Gasteiger partial charge in [0.1, 0.15) is 8.42 Å². The summed E-state index contributed by atoms with van der Waals surface area (Å²) < 4.78 is 55.6. The van der Waals surface area contributed by atoms with E-state index in [1.807, 2.05) is 13.8 Å². The van der Waals surface area contributed by atoms with Crippen LogP contribution in [0.2, 0.25) is 0 Å². The summed E-state index contributed by atoms with van der Waals surface area (Å²) in [6.45, 7) is 5.15. The Hall–Kier alpha value is -0.560. The van der Waals surface area contributed by atoms with Crippen LogP contribution in [0.3, 0.4) is 0 Å². The average molecular weight is 412 g/mol. The molecule has 0 saturated heterocycles. The summed E-state index contributed by atoms with van der Waals surface area (Å²) in [5.74, 6) is 0. The van der Waals surface area contributed by atoms with Crippen LogP contribution in [-0.4, -0.2) is 54.0 Å². The Morgan fingerprint density at radius 3 is 2.76 bits per heavy atom. The highest BCUT2D eigenvalue weighted by atomic mass is 32.3. The van der Waals surface area contributed by atoms with Crippen LogP contribution in [0.1, 0.15) is 38.3 Å². The van der Waals surface area contributed by atoms with Gasteiger partial charge in [0, 0.05) is 31.8 Å². The molecule has 1 unspecified atom stereocenters. The molecular weight excluding hydrogens is 386 g/mol. The van der Waals surface area contributed by atoms with E-state index in [0.29, 0.717) is 36.4 Å². The van der Waals surface area contributed by atoms with Gasteiger partial charge in [0.2, 0.25) is 10.0 Å². The summed E-state index contributed by atoms with van der Waals surface area (Å²) in [7, 11) is -6.12. The van der Waals surface area contributed by atoms with Gasteiger partial charge in [-0.1, -0.05) is 6.92 Å². The molecule has 8 nitrogen and oxygen atoms in total. The second kappa shape index (κ2) is 7.99. The SMILES string of the molecule is CCCN[C@H]1CN(CCC(C)OC)S(=O)(=O)c2sc(S(N)(=O)=O)cc21. The second-order valence-corrected chi connectivity index (χ2v) is 11.0. The smallest absolute Gasteiger partial charge is 0.252 e. The van der Waals surface area contributed by atoms with Crippen molar-refractivity contribution in [1.29, 1.82) is 0 Å². The second-order valence-electron chi connectivity index (χ2n) is 6.06. The van der Waals surface area contributed by atoms with Crippen LogP contribution < -0.4 is 10.5 Å². The van der Waals surface area contributed by atoms with Crippen molar-refractivity contribution in [3.63, 3.8) is 0 Å². The zero-order valence-corrected chi connectivity index (χ0v) is 17.0. The van der Waals surface area contributed by atoms with Crippen LogP contribution in [0.15, 0.2) is 14.5 Å². The Bertz CT molecular complexity index is 804. The summed E-state index contributed by atoms with van der Waals surface area (Å²) in [6.07, 6.45) is 1.37. The van der Waals surface area contributed by atoms with Gasteiger partial charge in [-0.3, -0.25) is 0 Å². The fourth-order valence-electron chi connectivity index (χ4n) is 2.62. The number of nitrogens with one attached hydrogen (secondary N) is 1. The van der Waals surface area contributed by atoms with Gasteiger partial charge < -0.3 is 10.1 Å². The van der Waals surface area contributed by atoms with E-state index < -0.39 is 20.0 Å². The summed E-state index contributed by atoms with van der Waals surface area (Å²) in [5, 5.41) is 8.49. The Kier molecular flexibility index (Phi) is 6.63. The molecule has 11 heteroatoms. The number of thiophene rings is 1. The predicted octanol–water partition coefficient (Wildman–Crippen LogP) is 0.866. The Morgan fingerprint density at radius 1 is 1.52 bits per heavy atom. The van der Waals surface area contributed by atoms with Crippen LogP contribution in [0.5, 0.6) is 0 Å². The number of hydrogen-bond acceptors (Lipinski definition) is 7. The maximum absolute atomic E-state index is 12.9. The molecule has 1 aliphatic heterocycles. The average Bonchev–Trinajstić information content (AvgIpc) is 2.99. The first-order chi connectivity index (χ1) is 11.6. The Labute approximate surface area is 153 Å². The van der Waals surface area contributed by atoms with Crippen molar-refractivity contribution < 1.29 is 21.6 Å².